The first-order chi connectivity index (χ1) is 9.45. The van der Waals surface area contributed by atoms with Crippen molar-refractivity contribution in [3.63, 3.8) is 0 Å². The zero-order valence-electron chi connectivity index (χ0n) is 11.1. The number of hydrogen-bond acceptors (Lipinski definition) is 1. The molecule has 19 heavy (non-hydrogen) atoms. The second kappa shape index (κ2) is 5.83. The lowest BCUT2D eigenvalue weighted by Gasteiger charge is -2.28. The number of benzene rings is 2. The van der Waals surface area contributed by atoms with Crippen LogP contribution in [-0.4, -0.2) is 12.8 Å². The summed E-state index contributed by atoms with van der Waals surface area (Å²) in [6.07, 6.45) is 4.38. The molecular formula is C18H19N. The first-order valence-electron chi connectivity index (χ1n) is 7.03. The van der Waals surface area contributed by atoms with Gasteiger partial charge in [0, 0.05) is 12.5 Å². The lowest BCUT2D eigenvalue weighted by atomic mass is 9.77. The molecule has 0 saturated carbocycles. The van der Waals surface area contributed by atoms with Gasteiger partial charge in [0.2, 0.25) is 0 Å². The fourth-order valence-electron chi connectivity index (χ4n) is 3.02. The van der Waals surface area contributed by atoms with Gasteiger partial charge in [0.15, 0.2) is 0 Å². The van der Waals surface area contributed by atoms with Crippen LogP contribution in [0.3, 0.4) is 0 Å². The van der Waals surface area contributed by atoms with E-state index in [4.69, 9.17) is 0 Å². The highest BCUT2D eigenvalue weighted by atomic mass is 14.7. The van der Waals surface area contributed by atoms with Crippen LogP contribution in [0.5, 0.6) is 0 Å². The quantitative estimate of drug-likeness (QED) is 0.769. The number of rotatable bonds is 3. The van der Waals surface area contributed by atoms with Crippen LogP contribution in [-0.2, 0) is 0 Å². The molecule has 0 aliphatic carbocycles. The maximum absolute atomic E-state index is 4.37. The molecule has 0 spiro atoms. The minimum atomic E-state index is 0.495. The highest BCUT2D eigenvalue weighted by Crippen LogP contribution is 2.36. The predicted molar refractivity (Wildman–Crippen MR) is 80.8 cm³/mol. The third-order valence-electron chi connectivity index (χ3n) is 3.96. The number of nitrogens with zero attached hydrogens (tertiary/aromatic N) is 1. The van der Waals surface area contributed by atoms with Gasteiger partial charge in [-0.2, -0.15) is 0 Å². The van der Waals surface area contributed by atoms with E-state index >= 15 is 0 Å². The lowest BCUT2D eigenvalue weighted by Crippen LogP contribution is -2.18. The van der Waals surface area contributed by atoms with Gasteiger partial charge in [0.05, 0.1) is 0 Å². The van der Waals surface area contributed by atoms with Crippen molar-refractivity contribution in [1.82, 2.24) is 0 Å². The molecule has 3 rings (SSSR count). The number of aliphatic imine (C=N–C) groups is 1. The van der Waals surface area contributed by atoms with Crippen molar-refractivity contribution in [1.29, 1.82) is 0 Å². The van der Waals surface area contributed by atoms with E-state index in [1.807, 2.05) is 0 Å². The second-order valence-electron chi connectivity index (χ2n) is 5.17. The maximum Gasteiger partial charge on any atom is 0.0388 e. The molecular weight excluding hydrogens is 230 g/mol. The molecule has 1 heteroatoms. The average Bonchev–Trinajstić information content (AvgIpc) is 2.51. The average molecular weight is 249 g/mol. The first-order valence-corrected chi connectivity index (χ1v) is 7.03. The molecule has 1 aliphatic heterocycles. The van der Waals surface area contributed by atoms with Crippen molar-refractivity contribution >= 4 is 6.21 Å². The molecule has 0 fully saturated rings. The molecule has 0 radical (unpaired) electrons. The Labute approximate surface area is 115 Å². The summed E-state index contributed by atoms with van der Waals surface area (Å²) in [5.41, 5.74) is 2.85. The zero-order valence-corrected chi connectivity index (χ0v) is 11.1. The third kappa shape index (κ3) is 2.76. The molecule has 1 atom stereocenters. The fourth-order valence-corrected chi connectivity index (χ4v) is 3.02. The molecule has 1 aliphatic rings. The summed E-state index contributed by atoms with van der Waals surface area (Å²) in [5.74, 6) is 1.16. The van der Waals surface area contributed by atoms with E-state index in [2.05, 4.69) is 71.9 Å². The van der Waals surface area contributed by atoms with E-state index in [0.29, 0.717) is 11.8 Å². The van der Waals surface area contributed by atoms with Gasteiger partial charge in [0.1, 0.15) is 0 Å². The van der Waals surface area contributed by atoms with E-state index in [1.54, 1.807) is 0 Å². The number of hydrogen-bond donors (Lipinski definition) is 0. The lowest BCUT2D eigenvalue weighted by molar-refractivity contribution is 0.445. The minimum absolute atomic E-state index is 0.495. The van der Waals surface area contributed by atoms with Crippen molar-refractivity contribution in [2.75, 3.05) is 6.54 Å². The Hall–Kier alpha value is -1.89. The largest absolute Gasteiger partial charge is 0.298 e. The van der Waals surface area contributed by atoms with Crippen LogP contribution >= 0.6 is 0 Å². The molecule has 0 saturated heterocycles. The van der Waals surface area contributed by atoms with E-state index in [9.17, 15) is 0 Å². The Morgan fingerprint density at radius 3 is 1.89 bits per heavy atom. The van der Waals surface area contributed by atoms with E-state index in [1.165, 1.54) is 17.5 Å². The van der Waals surface area contributed by atoms with Crippen LogP contribution in [0.15, 0.2) is 65.7 Å². The van der Waals surface area contributed by atoms with Gasteiger partial charge in [-0.25, -0.2) is 0 Å². The summed E-state index contributed by atoms with van der Waals surface area (Å²) in [7, 11) is 0. The van der Waals surface area contributed by atoms with Gasteiger partial charge in [-0.05, 0) is 36.1 Å². The molecule has 2 aromatic carbocycles. The van der Waals surface area contributed by atoms with Crippen LogP contribution in [0.1, 0.15) is 29.9 Å². The van der Waals surface area contributed by atoms with Gasteiger partial charge in [-0.1, -0.05) is 60.7 Å². The summed E-state index contributed by atoms with van der Waals surface area (Å²) < 4.78 is 0. The topological polar surface area (TPSA) is 12.4 Å². The first kappa shape index (κ1) is 12.2. The molecule has 1 unspecified atom stereocenters. The molecule has 1 heterocycles. The van der Waals surface area contributed by atoms with Crippen LogP contribution < -0.4 is 0 Å². The van der Waals surface area contributed by atoms with Gasteiger partial charge in [0.25, 0.3) is 0 Å². The fraction of sp³-hybridized carbons (Fsp3) is 0.278. The standard InChI is InChI=1S/C18H19N/c1-3-7-15(8-4-1)18(16-9-5-2-6-10-16)17-11-13-19-14-12-17/h1-10,13,17-18H,11-12,14H2. The Kier molecular flexibility index (Phi) is 3.73. The predicted octanol–water partition coefficient (Wildman–Crippen LogP) is 4.30. The minimum Gasteiger partial charge on any atom is -0.298 e. The summed E-state index contributed by atoms with van der Waals surface area (Å²) >= 11 is 0. The summed E-state index contributed by atoms with van der Waals surface area (Å²) in [5, 5.41) is 0. The van der Waals surface area contributed by atoms with Crippen LogP contribution in [0.4, 0.5) is 0 Å². The third-order valence-corrected chi connectivity index (χ3v) is 3.96. The normalized spacial score (nSPS) is 18.7. The van der Waals surface area contributed by atoms with Gasteiger partial charge >= 0.3 is 0 Å². The molecule has 0 bridgehead atoms. The molecule has 96 valence electrons. The Morgan fingerprint density at radius 1 is 0.842 bits per heavy atom. The Bertz CT molecular complexity index is 491. The van der Waals surface area contributed by atoms with Gasteiger partial charge < -0.3 is 0 Å². The van der Waals surface area contributed by atoms with Crippen molar-refractivity contribution < 1.29 is 0 Å². The van der Waals surface area contributed by atoms with Crippen molar-refractivity contribution in [3.8, 4) is 0 Å². The SMILES string of the molecule is C1=NCCC(C(c2ccccc2)c2ccccc2)C1. The van der Waals surface area contributed by atoms with Gasteiger partial charge in [-0.15, -0.1) is 0 Å². The molecule has 0 amide bonds. The molecule has 1 nitrogen and oxygen atoms in total. The van der Waals surface area contributed by atoms with E-state index in [-0.39, 0.29) is 0 Å². The summed E-state index contributed by atoms with van der Waals surface area (Å²) in [6.45, 7) is 0.973. The highest BCUT2D eigenvalue weighted by Gasteiger charge is 2.25. The van der Waals surface area contributed by atoms with Crippen molar-refractivity contribution in [2.24, 2.45) is 10.9 Å². The van der Waals surface area contributed by atoms with E-state index in [0.717, 1.165) is 13.0 Å². The van der Waals surface area contributed by atoms with Crippen LogP contribution in [0.2, 0.25) is 0 Å². The van der Waals surface area contributed by atoms with Crippen LogP contribution in [0, 0.1) is 5.92 Å². The monoisotopic (exact) mass is 249 g/mol. The Balaban J connectivity index is 1.98. The molecule has 2 aromatic rings. The van der Waals surface area contributed by atoms with Gasteiger partial charge in [-0.3, -0.25) is 4.99 Å². The van der Waals surface area contributed by atoms with E-state index < -0.39 is 0 Å². The second-order valence-corrected chi connectivity index (χ2v) is 5.17. The smallest absolute Gasteiger partial charge is 0.0388 e. The highest BCUT2D eigenvalue weighted by molar-refractivity contribution is 5.59. The van der Waals surface area contributed by atoms with Crippen molar-refractivity contribution in [2.45, 2.75) is 18.8 Å². The summed E-state index contributed by atoms with van der Waals surface area (Å²) in [6, 6.07) is 21.8. The van der Waals surface area contributed by atoms with Crippen LogP contribution in [0.25, 0.3) is 0 Å². The Morgan fingerprint density at radius 2 is 1.42 bits per heavy atom. The molecule has 0 aromatic heterocycles. The molecule has 0 N–H and O–H groups in total. The maximum atomic E-state index is 4.37. The van der Waals surface area contributed by atoms with Crippen molar-refractivity contribution in [3.05, 3.63) is 71.8 Å². The zero-order chi connectivity index (χ0) is 12.9. The summed E-state index contributed by atoms with van der Waals surface area (Å²) in [4.78, 5) is 4.37.